The van der Waals surface area contributed by atoms with Crippen molar-refractivity contribution in [2.45, 2.75) is 0 Å². The number of anilines is 1. The molecular weight excluding hydrogens is 202 g/mol. The third-order valence-electron chi connectivity index (χ3n) is 1.92. The van der Waals surface area contributed by atoms with Crippen LogP contribution in [0, 0.1) is 0 Å². The maximum absolute atomic E-state index is 6.01. The monoisotopic (exact) mass is 211 g/mol. The highest BCUT2D eigenvalue weighted by atomic mass is 35.5. The lowest BCUT2D eigenvalue weighted by molar-refractivity contribution is 0.942. The summed E-state index contributed by atoms with van der Waals surface area (Å²) in [5.74, 6) is 0.571. The van der Waals surface area contributed by atoms with Crippen LogP contribution in [0.4, 0.5) is 5.95 Å². The maximum Gasteiger partial charge on any atom is 0.228 e. The molecule has 0 saturated carbocycles. The van der Waals surface area contributed by atoms with Gasteiger partial charge in [-0.05, 0) is 0 Å². The Kier molecular flexibility index (Phi) is 2.03. The third-order valence-corrected chi connectivity index (χ3v) is 2.18. The lowest BCUT2D eigenvalue weighted by Gasteiger charge is -2.09. The summed E-state index contributed by atoms with van der Waals surface area (Å²) in [6.45, 7) is 0. The zero-order valence-electron chi connectivity index (χ0n) is 8.19. The largest absolute Gasteiger partial charge is 0.347 e. The summed E-state index contributed by atoms with van der Waals surface area (Å²) in [6.07, 6.45) is 1.67. The highest BCUT2D eigenvalue weighted by molar-refractivity contribution is 6.33. The van der Waals surface area contributed by atoms with Crippen LogP contribution >= 0.6 is 11.6 Å². The van der Waals surface area contributed by atoms with E-state index in [1.165, 1.54) is 0 Å². The van der Waals surface area contributed by atoms with Crippen LogP contribution in [0.1, 0.15) is 0 Å². The molecule has 2 heterocycles. The van der Waals surface area contributed by atoms with E-state index >= 15 is 0 Å². The number of imidazole rings is 1. The van der Waals surface area contributed by atoms with Gasteiger partial charge in [0.25, 0.3) is 0 Å². The lowest BCUT2D eigenvalue weighted by Crippen LogP contribution is -2.12. The average molecular weight is 212 g/mol. The predicted octanol–water partition coefficient (Wildman–Crippen LogP) is 1.08. The van der Waals surface area contributed by atoms with Gasteiger partial charge in [-0.3, -0.25) is 0 Å². The zero-order chi connectivity index (χ0) is 10.3. The minimum Gasteiger partial charge on any atom is -0.347 e. The summed E-state index contributed by atoms with van der Waals surface area (Å²) in [6, 6.07) is 0. The topological polar surface area (TPSA) is 46.8 Å². The fourth-order valence-electron chi connectivity index (χ4n) is 1.20. The Labute approximate surface area is 86.3 Å². The molecule has 2 rings (SSSR count). The minimum atomic E-state index is 0.429. The summed E-state index contributed by atoms with van der Waals surface area (Å²) in [7, 11) is 5.58. The van der Waals surface area contributed by atoms with E-state index < -0.39 is 0 Å². The predicted molar refractivity (Wildman–Crippen MR) is 55.6 cm³/mol. The van der Waals surface area contributed by atoms with Crippen molar-refractivity contribution in [1.29, 1.82) is 0 Å². The molecule has 74 valence electrons. The van der Waals surface area contributed by atoms with E-state index in [0.29, 0.717) is 16.7 Å². The first kappa shape index (κ1) is 9.21. The summed E-state index contributed by atoms with van der Waals surface area (Å²) in [4.78, 5) is 14.3. The smallest absolute Gasteiger partial charge is 0.228 e. The fraction of sp³-hybridized carbons (Fsp3) is 0.375. The molecule has 0 radical (unpaired) electrons. The van der Waals surface area contributed by atoms with Gasteiger partial charge >= 0.3 is 0 Å². The maximum atomic E-state index is 6.01. The Hall–Kier alpha value is -1.36. The minimum absolute atomic E-state index is 0.429. The molecule has 2 aromatic heterocycles. The number of rotatable bonds is 1. The fourth-order valence-corrected chi connectivity index (χ4v) is 1.49. The molecule has 0 bridgehead atoms. The molecule has 0 atom stereocenters. The van der Waals surface area contributed by atoms with E-state index in [0.717, 1.165) is 5.52 Å². The summed E-state index contributed by atoms with van der Waals surface area (Å²) in [5, 5.41) is 0.429. The van der Waals surface area contributed by atoms with Crippen molar-refractivity contribution in [3.05, 3.63) is 11.5 Å². The quantitative estimate of drug-likeness (QED) is 0.663. The van der Waals surface area contributed by atoms with Gasteiger partial charge in [0.1, 0.15) is 5.52 Å². The SMILES string of the molecule is CN(C)c1nc(Cl)c2c(ncn2C)n1. The normalized spacial score (nSPS) is 10.9. The van der Waals surface area contributed by atoms with Crippen molar-refractivity contribution in [2.24, 2.45) is 7.05 Å². The van der Waals surface area contributed by atoms with E-state index in [4.69, 9.17) is 11.6 Å². The standard InChI is InChI=1S/C8H10ClN5/c1-13(2)8-11-6(9)5-7(12-8)10-4-14(5)3/h4H,1-3H3. The van der Waals surface area contributed by atoms with Crippen LogP contribution < -0.4 is 4.90 Å². The van der Waals surface area contributed by atoms with Gasteiger partial charge < -0.3 is 9.47 Å². The van der Waals surface area contributed by atoms with E-state index in [2.05, 4.69) is 15.0 Å². The van der Waals surface area contributed by atoms with Crippen molar-refractivity contribution in [1.82, 2.24) is 19.5 Å². The second-order valence-corrected chi connectivity index (χ2v) is 3.59. The van der Waals surface area contributed by atoms with E-state index in [1.54, 1.807) is 15.8 Å². The number of fused-ring (bicyclic) bond motifs is 1. The molecule has 0 aliphatic carbocycles. The van der Waals surface area contributed by atoms with Crippen molar-refractivity contribution < 1.29 is 0 Å². The molecule has 0 aliphatic heterocycles. The van der Waals surface area contributed by atoms with Crippen LogP contribution in [0.25, 0.3) is 11.2 Å². The highest BCUT2D eigenvalue weighted by Gasteiger charge is 2.10. The Balaban J connectivity index is 2.74. The Bertz CT molecular complexity index is 476. The number of hydrogen-bond donors (Lipinski definition) is 0. The molecule has 0 saturated heterocycles. The van der Waals surface area contributed by atoms with Gasteiger partial charge in [-0.1, -0.05) is 11.6 Å². The molecule has 0 N–H and O–H groups in total. The van der Waals surface area contributed by atoms with Crippen molar-refractivity contribution in [3.63, 3.8) is 0 Å². The van der Waals surface area contributed by atoms with E-state index in [9.17, 15) is 0 Å². The van der Waals surface area contributed by atoms with E-state index in [1.807, 2.05) is 21.1 Å². The van der Waals surface area contributed by atoms with Gasteiger partial charge in [0, 0.05) is 21.1 Å². The third kappa shape index (κ3) is 1.29. The van der Waals surface area contributed by atoms with Crippen LogP contribution in [0.5, 0.6) is 0 Å². The van der Waals surface area contributed by atoms with Gasteiger partial charge in [-0.25, -0.2) is 4.98 Å². The second kappa shape index (κ2) is 3.09. The van der Waals surface area contributed by atoms with Crippen LogP contribution in [-0.4, -0.2) is 33.6 Å². The van der Waals surface area contributed by atoms with Gasteiger partial charge in [0.05, 0.1) is 6.33 Å². The zero-order valence-corrected chi connectivity index (χ0v) is 8.95. The van der Waals surface area contributed by atoms with Crippen molar-refractivity contribution in [3.8, 4) is 0 Å². The molecule has 2 aromatic rings. The van der Waals surface area contributed by atoms with Crippen LogP contribution in [-0.2, 0) is 7.05 Å². The van der Waals surface area contributed by atoms with Crippen molar-refractivity contribution in [2.75, 3.05) is 19.0 Å². The summed E-state index contributed by atoms with van der Waals surface area (Å²) < 4.78 is 1.80. The van der Waals surface area contributed by atoms with Crippen LogP contribution in [0.15, 0.2) is 6.33 Å². The summed E-state index contributed by atoms with van der Waals surface area (Å²) >= 11 is 6.01. The molecule has 5 nitrogen and oxygen atoms in total. The molecule has 0 spiro atoms. The highest BCUT2D eigenvalue weighted by Crippen LogP contribution is 2.20. The Morgan fingerprint density at radius 2 is 2.07 bits per heavy atom. The first-order valence-electron chi connectivity index (χ1n) is 4.11. The molecule has 0 unspecified atom stereocenters. The van der Waals surface area contributed by atoms with Gasteiger partial charge in [-0.15, -0.1) is 0 Å². The Morgan fingerprint density at radius 3 is 2.71 bits per heavy atom. The molecular formula is C8H10ClN5. The van der Waals surface area contributed by atoms with Crippen LogP contribution in [0.2, 0.25) is 5.15 Å². The number of aromatic nitrogens is 4. The first-order valence-corrected chi connectivity index (χ1v) is 4.49. The average Bonchev–Trinajstić information content (AvgIpc) is 2.48. The molecule has 0 fully saturated rings. The number of halogens is 1. The van der Waals surface area contributed by atoms with Gasteiger partial charge in [0.15, 0.2) is 10.8 Å². The number of nitrogens with zero attached hydrogens (tertiary/aromatic N) is 5. The van der Waals surface area contributed by atoms with Crippen molar-refractivity contribution >= 4 is 28.7 Å². The van der Waals surface area contributed by atoms with E-state index in [-0.39, 0.29) is 0 Å². The number of hydrogen-bond acceptors (Lipinski definition) is 4. The molecule has 0 aromatic carbocycles. The number of aryl methyl sites for hydroxylation is 1. The van der Waals surface area contributed by atoms with Gasteiger partial charge in [-0.2, -0.15) is 9.97 Å². The summed E-state index contributed by atoms with van der Waals surface area (Å²) in [5.41, 5.74) is 1.38. The second-order valence-electron chi connectivity index (χ2n) is 3.24. The molecule has 14 heavy (non-hydrogen) atoms. The first-order chi connectivity index (χ1) is 6.59. The molecule has 6 heteroatoms. The Morgan fingerprint density at radius 1 is 1.36 bits per heavy atom. The molecule has 0 aliphatic rings. The molecule has 0 amide bonds. The van der Waals surface area contributed by atoms with Crippen LogP contribution in [0.3, 0.4) is 0 Å². The lowest BCUT2D eigenvalue weighted by atomic mass is 10.5. The van der Waals surface area contributed by atoms with Gasteiger partial charge in [0.2, 0.25) is 5.95 Å².